The van der Waals surface area contributed by atoms with Crippen molar-refractivity contribution in [2.45, 2.75) is 13.3 Å². The second-order valence-corrected chi connectivity index (χ2v) is 1.45. The second-order valence-electron chi connectivity index (χ2n) is 1.45. The fraction of sp³-hybridized carbons (Fsp3) is 0.571. The summed E-state index contributed by atoms with van der Waals surface area (Å²) in [5.41, 5.74) is 0. The molecule has 8 heavy (non-hydrogen) atoms. The van der Waals surface area contributed by atoms with Crippen LogP contribution in [-0.4, -0.2) is 13.2 Å². The first-order valence-corrected chi connectivity index (χ1v) is 2.93. The van der Waals surface area contributed by atoms with E-state index in [9.17, 15) is 0 Å². The molecule has 0 saturated heterocycles. The summed E-state index contributed by atoms with van der Waals surface area (Å²) in [5, 5.41) is 0. The van der Waals surface area contributed by atoms with Crippen LogP contribution in [0.5, 0.6) is 0 Å². The lowest BCUT2D eigenvalue weighted by molar-refractivity contribution is 0.192. The normalized spacial score (nSPS) is 10.8. The number of allylic oxidation sites excluding steroid dienone is 1. The summed E-state index contributed by atoms with van der Waals surface area (Å²) in [6.45, 7) is 6.89. The first-order chi connectivity index (χ1) is 3.91. The molecular formula is C7H13O. The predicted octanol–water partition coefficient (Wildman–Crippen LogP) is 1.80. The van der Waals surface area contributed by atoms with Crippen LogP contribution in [0.15, 0.2) is 12.2 Å². The maximum atomic E-state index is 4.94. The SMILES string of the molecule is [CH2]COC/C=C/CC. The Morgan fingerprint density at radius 3 is 2.75 bits per heavy atom. The van der Waals surface area contributed by atoms with E-state index < -0.39 is 0 Å². The van der Waals surface area contributed by atoms with Crippen LogP contribution >= 0.6 is 0 Å². The van der Waals surface area contributed by atoms with Crippen LogP contribution in [0.1, 0.15) is 13.3 Å². The highest BCUT2D eigenvalue weighted by molar-refractivity contribution is 4.79. The highest BCUT2D eigenvalue weighted by Gasteiger charge is 1.72. The summed E-state index contributed by atoms with van der Waals surface area (Å²) >= 11 is 0. The fourth-order valence-electron chi connectivity index (χ4n) is 0.386. The van der Waals surface area contributed by atoms with Gasteiger partial charge in [-0.15, -0.1) is 0 Å². The molecule has 1 radical (unpaired) electrons. The lowest BCUT2D eigenvalue weighted by Gasteiger charge is -1.90. The van der Waals surface area contributed by atoms with Crippen LogP contribution in [0, 0.1) is 6.92 Å². The van der Waals surface area contributed by atoms with Gasteiger partial charge >= 0.3 is 0 Å². The molecule has 0 bridgehead atoms. The van der Waals surface area contributed by atoms with Crippen molar-refractivity contribution in [2.75, 3.05) is 13.2 Å². The lowest BCUT2D eigenvalue weighted by Crippen LogP contribution is -1.87. The number of rotatable bonds is 4. The molecular weight excluding hydrogens is 100 g/mol. The van der Waals surface area contributed by atoms with E-state index in [4.69, 9.17) is 4.74 Å². The van der Waals surface area contributed by atoms with E-state index in [1.807, 2.05) is 6.08 Å². The molecule has 0 spiro atoms. The maximum Gasteiger partial charge on any atom is 0.0647 e. The molecule has 0 saturated carbocycles. The average molecular weight is 113 g/mol. The zero-order valence-electron chi connectivity index (χ0n) is 5.39. The molecule has 0 aromatic carbocycles. The Morgan fingerprint density at radius 2 is 2.25 bits per heavy atom. The molecule has 0 atom stereocenters. The van der Waals surface area contributed by atoms with Gasteiger partial charge in [-0.1, -0.05) is 19.1 Å². The molecule has 1 heteroatoms. The van der Waals surface area contributed by atoms with Gasteiger partial charge in [0, 0.05) is 6.61 Å². The first kappa shape index (κ1) is 7.70. The van der Waals surface area contributed by atoms with Gasteiger partial charge < -0.3 is 4.74 Å². The van der Waals surface area contributed by atoms with E-state index >= 15 is 0 Å². The minimum atomic E-state index is 0.564. The van der Waals surface area contributed by atoms with Crippen LogP contribution in [0.3, 0.4) is 0 Å². The monoisotopic (exact) mass is 113 g/mol. The van der Waals surface area contributed by atoms with E-state index in [1.165, 1.54) is 0 Å². The van der Waals surface area contributed by atoms with Gasteiger partial charge in [0.2, 0.25) is 0 Å². The van der Waals surface area contributed by atoms with Crippen LogP contribution in [0.25, 0.3) is 0 Å². The molecule has 0 amide bonds. The molecule has 0 heterocycles. The molecule has 0 aliphatic carbocycles. The van der Waals surface area contributed by atoms with Crippen molar-refractivity contribution in [3.8, 4) is 0 Å². The van der Waals surface area contributed by atoms with Crippen molar-refractivity contribution in [1.29, 1.82) is 0 Å². The molecule has 0 fully saturated rings. The predicted molar refractivity (Wildman–Crippen MR) is 35.6 cm³/mol. The smallest absolute Gasteiger partial charge is 0.0647 e. The van der Waals surface area contributed by atoms with Gasteiger partial charge in [-0.05, 0) is 13.3 Å². The van der Waals surface area contributed by atoms with Gasteiger partial charge in [-0.25, -0.2) is 0 Å². The fourth-order valence-corrected chi connectivity index (χ4v) is 0.386. The topological polar surface area (TPSA) is 9.23 Å². The van der Waals surface area contributed by atoms with Crippen molar-refractivity contribution in [3.05, 3.63) is 19.1 Å². The largest absolute Gasteiger partial charge is 0.377 e. The van der Waals surface area contributed by atoms with Crippen molar-refractivity contribution >= 4 is 0 Å². The highest BCUT2D eigenvalue weighted by atomic mass is 16.5. The van der Waals surface area contributed by atoms with Crippen molar-refractivity contribution in [1.82, 2.24) is 0 Å². The third-order valence-electron chi connectivity index (χ3n) is 0.761. The van der Waals surface area contributed by atoms with E-state index in [0.29, 0.717) is 13.2 Å². The average Bonchev–Trinajstić information content (AvgIpc) is 1.81. The molecule has 0 aliphatic heterocycles. The van der Waals surface area contributed by atoms with Gasteiger partial charge in [0.1, 0.15) is 0 Å². The summed E-state index contributed by atoms with van der Waals surface area (Å²) in [7, 11) is 0. The summed E-state index contributed by atoms with van der Waals surface area (Å²) < 4.78 is 4.94. The lowest BCUT2D eigenvalue weighted by atomic mass is 10.4. The van der Waals surface area contributed by atoms with Gasteiger partial charge in [-0.3, -0.25) is 0 Å². The quantitative estimate of drug-likeness (QED) is 0.399. The zero-order chi connectivity index (χ0) is 6.24. The summed E-state index contributed by atoms with van der Waals surface area (Å²) in [4.78, 5) is 0. The summed E-state index contributed by atoms with van der Waals surface area (Å²) in [6, 6.07) is 0. The highest BCUT2D eigenvalue weighted by Crippen LogP contribution is 1.79. The Balaban J connectivity index is 2.80. The molecule has 0 aromatic heterocycles. The standard InChI is InChI=1S/C7H13O/c1-3-5-6-7-8-4-2/h5-6H,2-4,7H2,1H3/b6-5+. The zero-order valence-corrected chi connectivity index (χ0v) is 5.39. The Morgan fingerprint density at radius 1 is 1.50 bits per heavy atom. The number of hydrogen-bond acceptors (Lipinski definition) is 1. The third-order valence-corrected chi connectivity index (χ3v) is 0.761. The molecule has 47 valence electrons. The number of hydrogen-bond donors (Lipinski definition) is 0. The summed E-state index contributed by atoms with van der Waals surface area (Å²) in [5.74, 6) is 0. The number of ether oxygens (including phenoxy) is 1. The van der Waals surface area contributed by atoms with E-state index in [1.54, 1.807) is 0 Å². The molecule has 1 nitrogen and oxygen atoms in total. The molecule has 0 N–H and O–H groups in total. The third kappa shape index (κ3) is 5.70. The molecule has 0 rings (SSSR count). The molecule has 0 unspecified atom stereocenters. The molecule has 0 aromatic rings. The minimum Gasteiger partial charge on any atom is -0.377 e. The Bertz CT molecular complexity index is 57.4. The van der Waals surface area contributed by atoms with E-state index in [-0.39, 0.29) is 0 Å². The van der Waals surface area contributed by atoms with Crippen molar-refractivity contribution in [3.63, 3.8) is 0 Å². The van der Waals surface area contributed by atoms with Crippen molar-refractivity contribution in [2.24, 2.45) is 0 Å². The molecule has 0 aliphatic rings. The first-order valence-electron chi connectivity index (χ1n) is 2.93. The van der Waals surface area contributed by atoms with Gasteiger partial charge in [0.15, 0.2) is 0 Å². The van der Waals surface area contributed by atoms with Crippen LogP contribution in [0.4, 0.5) is 0 Å². The van der Waals surface area contributed by atoms with E-state index in [2.05, 4.69) is 19.9 Å². The van der Waals surface area contributed by atoms with E-state index in [0.717, 1.165) is 6.42 Å². The second kappa shape index (κ2) is 6.70. The Hall–Kier alpha value is -0.300. The van der Waals surface area contributed by atoms with Gasteiger partial charge in [-0.2, -0.15) is 0 Å². The summed E-state index contributed by atoms with van der Waals surface area (Å²) in [6.07, 6.45) is 5.17. The Labute approximate surface area is 51.4 Å². The Kier molecular flexibility index (Phi) is 6.45. The minimum absolute atomic E-state index is 0.564. The van der Waals surface area contributed by atoms with Crippen LogP contribution in [-0.2, 0) is 4.74 Å². The maximum absolute atomic E-state index is 4.94. The van der Waals surface area contributed by atoms with Gasteiger partial charge in [0.05, 0.1) is 6.61 Å². The van der Waals surface area contributed by atoms with Crippen molar-refractivity contribution < 1.29 is 4.74 Å². The van der Waals surface area contributed by atoms with Gasteiger partial charge in [0.25, 0.3) is 0 Å². The van der Waals surface area contributed by atoms with Crippen LogP contribution in [0.2, 0.25) is 0 Å². The van der Waals surface area contributed by atoms with Crippen LogP contribution < -0.4 is 0 Å².